The third kappa shape index (κ3) is 2.58. The van der Waals surface area contributed by atoms with Crippen LogP contribution in [0.5, 0.6) is 5.75 Å². The summed E-state index contributed by atoms with van der Waals surface area (Å²) >= 11 is 3.49. The lowest BCUT2D eigenvalue weighted by atomic mass is 9.97. The quantitative estimate of drug-likeness (QED) is 0.930. The van der Waals surface area contributed by atoms with Crippen molar-refractivity contribution in [3.8, 4) is 5.75 Å². The third-order valence-corrected chi connectivity index (χ3v) is 3.96. The summed E-state index contributed by atoms with van der Waals surface area (Å²) in [5.41, 5.74) is 3.64. The van der Waals surface area contributed by atoms with Gasteiger partial charge in [0.05, 0.1) is 12.6 Å². The van der Waals surface area contributed by atoms with Gasteiger partial charge in [-0.3, -0.25) is 4.98 Å². The Bertz CT molecular complexity index is 615. The molecule has 0 bridgehead atoms. The van der Waals surface area contributed by atoms with Crippen LogP contribution in [0, 0.1) is 0 Å². The van der Waals surface area contributed by atoms with Crippen molar-refractivity contribution in [3.05, 3.63) is 57.8 Å². The van der Waals surface area contributed by atoms with E-state index in [0.29, 0.717) is 0 Å². The molecule has 1 aliphatic rings. The van der Waals surface area contributed by atoms with Gasteiger partial charge in [-0.2, -0.15) is 0 Å². The highest BCUT2D eigenvalue weighted by Crippen LogP contribution is 2.36. The van der Waals surface area contributed by atoms with Crippen LogP contribution in [-0.2, 0) is 6.42 Å². The maximum atomic E-state index is 5.84. The number of nitrogens with one attached hydrogen (secondary N) is 1. The van der Waals surface area contributed by atoms with Crippen LogP contribution in [0.1, 0.15) is 29.7 Å². The Hall–Kier alpha value is -1.39. The molecule has 1 N–H and O–H groups in total. The van der Waals surface area contributed by atoms with Crippen LogP contribution in [0.15, 0.2) is 41.1 Å². The van der Waals surface area contributed by atoms with Crippen molar-refractivity contribution >= 4 is 15.9 Å². The standard InChI is InChI=1S/C16H17BrN2O/c1-2-19-15(12-8-13(17)10-18-9-12)14-5-3-4-11-6-7-20-16(11)14/h3-5,8-10,15,19H,2,6-7H2,1H3. The molecule has 3 nitrogen and oxygen atoms in total. The minimum absolute atomic E-state index is 0.109. The maximum absolute atomic E-state index is 5.84. The summed E-state index contributed by atoms with van der Waals surface area (Å²) in [4.78, 5) is 4.28. The van der Waals surface area contributed by atoms with E-state index in [9.17, 15) is 0 Å². The first kappa shape index (κ1) is 13.6. The Morgan fingerprint density at radius 2 is 2.30 bits per heavy atom. The summed E-state index contributed by atoms with van der Waals surface area (Å²) in [5, 5.41) is 3.53. The number of benzene rings is 1. The van der Waals surface area contributed by atoms with Crippen molar-refractivity contribution in [1.29, 1.82) is 0 Å². The molecule has 0 amide bonds. The van der Waals surface area contributed by atoms with Crippen molar-refractivity contribution < 1.29 is 4.74 Å². The Kier molecular flexibility index (Phi) is 4.03. The zero-order valence-electron chi connectivity index (χ0n) is 11.4. The van der Waals surface area contributed by atoms with E-state index in [1.165, 1.54) is 11.1 Å². The molecule has 4 heteroatoms. The van der Waals surface area contributed by atoms with Gasteiger partial charge < -0.3 is 10.1 Å². The molecule has 1 aromatic carbocycles. The Balaban J connectivity index is 2.05. The molecular formula is C16H17BrN2O. The summed E-state index contributed by atoms with van der Waals surface area (Å²) < 4.78 is 6.83. The van der Waals surface area contributed by atoms with E-state index < -0.39 is 0 Å². The number of halogens is 1. The molecule has 20 heavy (non-hydrogen) atoms. The highest BCUT2D eigenvalue weighted by Gasteiger charge is 2.23. The fraction of sp³-hybridized carbons (Fsp3) is 0.312. The fourth-order valence-corrected chi connectivity index (χ4v) is 3.05. The van der Waals surface area contributed by atoms with Gasteiger partial charge in [-0.05, 0) is 39.7 Å². The van der Waals surface area contributed by atoms with Crippen LogP contribution in [0.4, 0.5) is 0 Å². The van der Waals surface area contributed by atoms with Gasteiger partial charge in [0.25, 0.3) is 0 Å². The molecule has 2 aromatic rings. The van der Waals surface area contributed by atoms with Gasteiger partial charge in [0.2, 0.25) is 0 Å². The molecule has 1 aliphatic heterocycles. The molecule has 0 saturated heterocycles. The summed E-state index contributed by atoms with van der Waals surface area (Å²) in [6, 6.07) is 8.61. The Labute approximate surface area is 127 Å². The Morgan fingerprint density at radius 3 is 3.10 bits per heavy atom. The molecule has 0 fully saturated rings. The van der Waals surface area contributed by atoms with E-state index >= 15 is 0 Å². The van der Waals surface area contributed by atoms with Gasteiger partial charge in [-0.1, -0.05) is 25.1 Å². The third-order valence-electron chi connectivity index (χ3n) is 3.52. The van der Waals surface area contributed by atoms with Gasteiger partial charge in [0, 0.05) is 28.9 Å². The molecule has 0 spiro atoms. The average molecular weight is 333 g/mol. The van der Waals surface area contributed by atoms with Crippen LogP contribution in [0.2, 0.25) is 0 Å². The number of fused-ring (bicyclic) bond motifs is 1. The zero-order chi connectivity index (χ0) is 13.9. The number of rotatable bonds is 4. The highest BCUT2D eigenvalue weighted by atomic mass is 79.9. The van der Waals surface area contributed by atoms with Crippen LogP contribution in [-0.4, -0.2) is 18.1 Å². The van der Waals surface area contributed by atoms with Gasteiger partial charge >= 0.3 is 0 Å². The Morgan fingerprint density at radius 1 is 1.40 bits per heavy atom. The van der Waals surface area contributed by atoms with Crippen molar-refractivity contribution in [3.63, 3.8) is 0 Å². The van der Waals surface area contributed by atoms with Crippen molar-refractivity contribution in [2.45, 2.75) is 19.4 Å². The van der Waals surface area contributed by atoms with Crippen LogP contribution >= 0.6 is 15.9 Å². The van der Waals surface area contributed by atoms with E-state index in [0.717, 1.165) is 35.4 Å². The molecule has 3 rings (SSSR count). The van der Waals surface area contributed by atoms with Gasteiger partial charge in [0.1, 0.15) is 5.75 Å². The van der Waals surface area contributed by atoms with Crippen molar-refractivity contribution in [1.82, 2.24) is 10.3 Å². The highest BCUT2D eigenvalue weighted by molar-refractivity contribution is 9.10. The van der Waals surface area contributed by atoms with E-state index in [1.54, 1.807) is 6.20 Å². The van der Waals surface area contributed by atoms with E-state index in [1.807, 2.05) is 6.20 Å². The van der Waals surface area contributed by atoms with Crippen LogP contribution < -0.4 is 10.1 Å². The lowest BCUT2D eigenvalue weighted by molar-refractivity contribution is 0.350. The van der Waals surface area contributed by atoms with Crippen LogP contribution in [0.25, 0.3) is 0 Å². The number of hydrogen-bond donors (Lipinski definition) is 1. The smallest absolute Gasteiger partial charge is 0.127 e. The molecule has 1 unspecified atom stereocenters. The maximum Gasteiger partial charge on any atom is 0.127 e. The van der Waals surface area contributed by atoms with Gasteiger partial charge in [0.15, 0.2) is 0 Å². The molecular weight excluding hydrogens is 316 g/mol. The molecule has 2 heterocycles. The lowest BCUT2D eigenvalue weighted by Crippen LogP contribution is -2.22. The topological polar surface area (TPSA) is 34.2 Å². The number of para-hydroxylation sites is 1. The largest absolute Gasteiger partial charge is 0.493 e. The summed E-state index contributed by atoms with van der Waals surface area (Å²) in [6.45, 7) is 3.78. The zero-order valence-corrected chi connectivity index (χ0v) is 13.0. The van der Waals surface area contributed by atoms with Crippen LogP contribution in [0.3, 0.4) is 0 Å². The second-order valence-electron chi connectivity index (χ2n) is 4.86. The van der Waals surface area contributed by atoms with Crippen molar-refractivity contribution in [2.75, 3.05) is 13.2 Å². The second kappa shape index (κ2) is 5.94. The average Bonchev–Trinajstić information content (AvgIpc) is 2.93. The first-order valence-electron chi connectivity index (χ1n) is 6.88. The molecule has 1 atom stereocenters. The van der Waals surface area contributed by atoms with Gasteiger partial charge in [-0.25, -0.2) is 0 Å². The molecule has 0 radical (unpaired) electrons. The molecule has 0 aliphatic carbocycles. The molecule has 0 saturated carbocycles. The molecule has 1 aromatic heterocycles. The monoisotopic (exact) mass is 332 g/mol. The number of aromatic nitrogens is 1. The molecule has 104 valence electrons. The summed E-state index contributed by atoms with van der Waals surface area (Å²) in [5.74, 6) is 1.04. The first-order valence-corrected chi connectivity index (χ1v) is 7.67. The SMILES string of the molecule is CCNC(c1cncc(Br)c1)c1cccc2c1OCC2. The fourth-order valence-electron chi connectivity index (χ4n) is 2.67. The minimum Gasteiger partial charge on any atom is -0.493 e. The lowest BCUT2D eigenvalue weighted by Gasteiger charge is -2.21. The number of pyridine rings is 1. The summed E-state index contributed by atoms with van der Waals surface area (Å²) in [7, 11) is 0. The normalized spacial score (nSPS) is 14.7. The second-order valence-corrected chi connectivity index (χ2v) is 5.78. The first-order chi connectivity index (χ1) is 9.79. The minimum atomic E-state index is 0.109. The number of nitrogens with zero attached hydrogens (tertiary/aromatic N) is 1. The number of ether oxygens (including phenoxy) is 1. The van der Waals surface area contributed by atoms with E-state index in [2.05, 4.69) is 57.4 Å². The van der Waals surface area contributed by atoms with Gasteiger partial charge in [-0.15, -0.1) is 0 Å². The predicted molar refractivity (Wildman–Crippen MR) is 83.1 cm³/mol. The predicted octanol–water partition coefficient (Wildman–Crippen LogP) is 3.48. The number of hydrogen-bond acceptors (Lipinski definition) is 3. The summed E-state index contributed by atoms with van der Waals surface area (Å²) in [6.07, 6.45) is 4.71. The van der Waals surface area contributed by atoms with E-state index in [-0.39, 0.29) is 6.04 Å². The van der Waals surface area contributed by atoms with Crippen molar-refractivity contribution in [2.24, 2.45) is 0 Å². The van der Waals surface area contributed by atoms with E-state index in [4.69, 9.17) is 4.74 Å².